The van der Waals surface area contributed by atoms with Crippen molar-refractivity contribution < 1.29 is 26.3 Å². The number of hydrogen-bond acceptors (Lipinski definition) is 8. The molecule has 2 aromatic heterocycles. The van der Waals surface area contributed by atoms with Crippen molar-refractivity contribution in [1.82, 2.24) is 20.3 Å². The van der Waals surface area contributed by atoms with Gasteiger partial charge in [0.15, 0.2) is 9.84 Å². The number of rotatable bonds is 9. The maximum atomic E-state index is 12.6. The standard InChI is InChI=1S/C28H28F3N5O3S/c29-28(30,31)12-16-40(37,38)18-19-5-1-8-22-21(19)7-2-10-25(22)39-26-23(9-4-14-33-26)24-11-15-34-27(36-24)35-20-6-3-13-32-17-20/h1-2,4-5,7-11,14-15,20,32H,3,6,12-13,16-18H2,(H,34,35,36)/t20-/m0/s1. The van der Waals surface area contributed by atoms with Crippen LogP contribution in [-0.2, 0) is 15.6 Å². The van der Waals surface area contributed by atoms with E-state index in [0.29, 0.717) is 45.2 Å². The summed E-state index contributed by atoms with van der Waals surface area (Å²) in [6, 6.07) is 15.8. The molecule has 210 valence electrons. The first-order chi connectivity index (χ1) is 19.2. The van der Waals surface area contributed by atoms with Crippen LogP contribution >= 0.6 is 0 Å². The number of piperidine rings is 1. The Bertz CT molecular complexity index is 1590. The van der Waals surface area contributed by atoms with Crippen LogP contribution in [0.4, 0.5) is 19.1 Å². The van der Waals surface area contributed by atoms with Crippen molar-refractivity contribution in [3.63, 3.8) is 0 Å². The lowest BCUT2D eigenvalue weighted by Crippen LogP contribution is -2.38. The second-order valence-corrected chi connectivity index (χ2v) is 11.8. The van der Waals surface area contributed by atoms with Crippen molar-refractivity contribution in [2.24, 2.45) is 0 Å². The van der Waals surface area contributed by atoms with Crippen LogP contribution in [-0.4, -0.2) is 54.4 Å². The topological polar surface area (TPSA) is 106 Å². The van der Waals surface area contributed by atoms with Crippen LogP contribution in [0, 0.1) is 0 Å². The van der Waals surface area contributed by atoms with Gasteiger partial charge in [-0.1, -0.05) is 30.3 Å². The lowest BCUT2D eigenvalue weighted by atomic mass is 10.0. The predicted octanol–water partition coefficient (Wildman–Crippen LogP) is 5.52. The highest BCUT2D eigenvalue weighted by atomic mass is 32.2. The molecule has 0 radical (unpaired) electrons. The molecule has 40 heavy (non-hydrogen) atoms. The fraction of sp³-hybridized carbons (Fsp3) is 0.321. The van der Waals surface area contributed by atoms with E-state index in [-0.39, 0.29) is 6.04 Å². The van der Waals surface area contributed by atoms with Gasteiger partial charge in [-0.3, -0.25) is 0 Å². The third-order valence-electron chi connectivity index (χ3n) is 6.58. The molecular weight excluding hydrogens is 543 g/mol. The van der Waals surface area contributed by atoms with E-state index in [0.717, 1.165) is 25.9 Å². The van der Waals surface area contributed by atoms with E-state index in [1.807, 2.05) is 6.07 Å². The zero-order valence-corrected chi connectivity index (χ0v) is 22.3. The maximum absolute atomic E-state index is 12.6. The Hall–Kier alpha value is -3.77. The number of benzene rings is 2. The Labute approximate surface area is 230 Å². The molecule has 0 unspecified atom stereocenters. The van der Waals surface area contributed by atoms with Crippen LogP contribution in [0.3, 0.4) is 0 Å². The van der Waals surface area contributed by atoms with Gasteiger partial charge >= 0.3 is 6.18 Å². The third kappa shape index (κ3) is 7.05. The van der Waals surface area contributed by atoms with Gasteiger partial charge in [-0.05, 0) is 54.6 Å². The number of aromatic nitrogens is 3. The summed E-state index contributed by atoms with van der Waals surface area (Å²) >= 11 is 0. The molecule has 0 saturated carbocycles. The van der Waals surface area contributed by atoms with Gasteiger partial charge in [-0.25, -0.2) is 23.4 Å². The minimum absolute atomic E-state index is 0.232. The molecule has 5 rings (SSSR count). The number of alkyl halides is 3. The van der Waals surface area contributed by atoms with Crippen LogP contribution in [0.1, 0.15) is 24.8 Å². The Morgan fingerprint density at radius 2 is 1.82 bits per heavy atom. The lowest BCUT2D eigenvalue weighted by Gasteiger charge is -2.23. The lowest BCUT2D eigenvalue weighted by molar-refractivity contribution is -0.129. The SMILES string of the molecule is O=S(=O)(CCC(F)(F)F)Cc1cccc2c(Oc3ncccc3-c3ccnc(N[C@H]4CCCNC4)n3)cccc12. The molecular formula is C28H28F3N5O3S. The molecule has 0 bridgehead atoms. The Morgan fingerprint density at radius 3 is 2.62 bits per heavy atom. The summed E-state index contributed by atoms with van der Waals surface area (Å²) in [5.74, 6) is -0.253. The summed E-state index contributed by atoms with van der Waals surface area (Å²) in [6.07, 6.45) is -0.563. The van der Waals surface area contributed by atoms with Crippen molar-refractivity contribution in [2.75, 3.05) is 24.2 Å². The molecule has 8 nitrogen and oxygen atoms in total. The summed E-state index contributed by atoms with van der Waals surface area (Å²) in [5.41, 5.74) is 1.65. The van der Waals surface area contributed by atoms with Crippen LogP contribution in [0.5, 0.6) is 11.6 Å². The van der Waals surface area contributed by atoms with E-state index >= 15 is 0 Å². The molecule has 1 atom stereocenters. The van der Waals surface area contributed by atoms with E-state index in [9.17, 15) is 21.6 Å². The van der Waals surface area contributed by atoms with Gasteiger partial charge < -0.3 is 15.4 Å². The molecule has 12 heteroatoms. The molecule has 3 heterocycles. The smallest absolute Gasteiger partial charge is 0.390 e. The first kappa shape index (κ1) is 27.8. The maximum Gasteiger partial charge on any atom is 0.390 e. The van der Waals surface area contributed by atoms with Gasteiger partial charge in [0, 0.05) is 30.4 Å². The zero-order chi connectivity index (χ0) is 28.2. The van der Waals surface area contributed by atoms with Crippen LogP contribution in [0.25, 0.3) is 22.0 Å². The molecule has 1 aliphatic heterocycles. The van der Waals surface area contributed by atoms with E-state index in [4.69, 9.17) is 4.74 Å². The molecule has 2 N–H and O–H groups in total. The van der Waals surface area contributed by atoms with Gasteiger partial charge in [-0.2, -0.15) is 13.2 Å². The number of fused-ring (bicyclic) bond motifs is 1. The summed E-state index contributed by atoms with van der Waals surface area (Å²) in [4.78, 5) is 13.4. The quantitative estimate of drug-likeness (QED) is 0.271. The summed E-state index contributed by atoms with van der Waals surface area (Å²) < 4.78 is 69.0. The Kier molecular flexibility index (Phi) is 8.17. The first-order valence-electron chi connectivity index (χ1n) is 12.9. The average molecular weight is 572 g/mol. The van der Waals surface area contributed by atoms with Gasteiger partial charge in [0.1, 0.15) is 5.75 Å². The van der Waals surface area contributed by atoms with Crippen molar-refractivity contribution in [3.8, 4) is 22.9 Å². The fourth-order valence-corrected chi connectivity index (χ4v) is 6.06. The number of nitrogens with zero attached hydrogens (tertiary/aromatic N) is 3. The van der Waals surface area contributed by atoms with E-state index in [1.165, 1.54) is 0 Å². The van der Waals surface area contributed by atoms with Crippen molar-refractivity contribution in [2.45, 2.75) is 37.2 Å². The van der Waals surface area contributed by atoms with Gasteiger partial charge in [0.05, 0.1) is 29.2 Å². The number of sulfone groups is 1. The number of halogens is 3. The van der Waals surface area contributed by atoms with E-state index in [2.05, 4.69) is 25.6 Å². The van der Waals surface area contributed by atoms with Crippen molar-refractivity contribution >= 4 is 26.6 Å². The highest BCUT2D eigenvalue weighted by Crippen LogP contribution is 2.35. The second-order valence-electron chi connectivity index (χ2n) is 9.64. The molecule has 0 aliphatic carbocycles. The molecule has 0 amide bonds. The second kappa shape index (κ2) is 11.8. The van der Waals surface area contributed by atoms with Crippen LogP contribution in [0.15, 0.2) is 67.0 Å². The molecule has 1 fully saturated rings. The number of ether oxygens (including phenoxy) is 1. The highest BCUT2D eigenvalue weighted by molar-refractivity contribution is 7.90. The summed E-state index contributed by atoms with van der Waals surface area (Å²) in [5, 5.41) is 7.90. The number of anilines is 1. The molecule has 1 saturated heterocycles. The normalized spacial score (nSPS) is 16.1. The fourth-order valence-electron chi connectivity index (χ4n) is 4.65. The van der Waals surface area contributed by atoms with Crippen LogP contribution in [0.2, 0.25) is 0 Å². The largest absolute Gasteiger partial charge is 0.438 e. The molecule has 0 spiro atoms. The Balaban J connectivity index is 1.41. The zero-order valence-electron chi connectivity index (χ0n) is 21.5. The predicted molar refractivity (Wildman–Crippen MR) is 147 cm³/mol. The minimum Gasteiger partial charge on any atom is -0.438 e. The summed E-state index contributed by atoms with van der Waals surface area (Å²) in [6.45, 7) is 1.83. The molecule has 4 aromatic rings. The van der Waals surface area contributed by atoms with Crippen LogP contribution < -0.4 is 15.4 Å². The monoisotopic (exact) mass is 571 g/mol. The number of hydrogen-bond donors (Lipinski definition) is 2. The number of nitrogens with one attached hydrogen (secondary N) is 2. The highest BCUT2D eigenvalue weighted by Gasteiger charge is 2.30. The third-order valence-corrected chi connectivity index (χ3v) is 8.16. The van der Waals surface area contributed by atoms with E-state index in [1.54, 1.807) is 60.9 Å². The number of pyridine rings is 1. The van der Waals surface area contributed by atoms with Gasteiger partial charge in [0.2, 0.25) is 11.8 Å². The van der Waals surface area contributed by atoms with Crippen molar-refractivity contribution in [3.05, 3.63) is 72.6 Å². The summed E-state index contributed by atoms with van der Waals surface area (Å²) in [7, 11) is -3.99. The van der Waals surface area contributed by atoms with E-state index < -0.39 is 33.9 Å². The average Bonchev–Trinajstić information content (AvgIpc) is 2.93. The first-order valence-corrected chi connectivity index (χ1v) is 14.7. The van der Waals surface area contributed by atoms with Crippen molar-refractivity contribution in [1.29, 1.82) is 0 Å². The molecule has 2 aromatic carbocycles. The van der Waals surface area contributed by atoms with Gasteiger partial charge in [0.25, 0.3) is 0 Å². The van der Waals surface area contributed by atoms with Gasteiger partial charge in [-0.15, -0.1) is 0 Å². The molecule has 1 aliphatic rings. The minimum atomic E-state index is -4.54. The Morgan fingerprint density at radius 1 is 1.00 bits per heavy atom.